The van der Waals surface area contributed by atoms with E-state index in [4.69, 9.17) is 19.3 Å². The number of ether oxygens (including phenoxy) is 3. The van der Waals surface area contributed by atoms with Gasteiger partial charge in [-0.05, 0) is 192 Å². The lowest BCUT2D eigenvalue weighted by Gasteiger charge is -2.34. The molecule has 6 rings (SSSR count). The Kier molecular flexibility index (Phi) is 24.4. The van der Waals surface area contributed by atoms with Crippen molar-refractivity contribution in [3.63, 3.8) is 0 Å². The number of unbranched alkanes of at least 4 members (excludes halogenated alkanes) is 4. The highest BCUT2D eigenvalue weighted by atomic mass is 16.5. The average Bonchev–Trinajstić information content (AvgIpc) is 3.40. The summed E-state index contributed by atoms with van der Waals surface area (Å²) < 4.78 is 17.1. The Morgan fingerprint density at radius 1 is 0.500 bits per heavy atom. The standard InChI is InChI=1S/C35H50O4.C33H46O4/c1-6-35(7-2,30-17-16-29(27(4)25-30)20-23-34(37)21-12-10-13-22-34)31-18-19-32(28(5)26-31)39-24-14-9-11-15-33(36)38-8-3;1-5-33(6-2,29-16-17-30(26(4)24-29)37-22-12-7-9-13-31(34)35)28-15-14-27(25(3)23-28)18-21-32(36)19-10-8-11-20-32/h16-20,23,25-26,37H,6-15,21-22,24H2,1-5H3;14-18,21,23-24,36H,5-13,19-20,22H2,1-4H3,(H,34,35)/b23-20+;21-18+. The summed E-state index contributed by atoms with van der Waals surface area (Å²) in [4.78, 5) is 22.1. The highest BCUT2D eigenvalue weighted by molar-refractivity contribution is 5.69. The molecule has 8 heteroatoms. The van der Waals surface area contributed by atoms with Crippen LogP contribution >= 0.6 is 0 Å². The van der Waals surface area contributed by atoms with E-state index in [-0.39, 0.29) is 23.2 Å². The minimum absolute atomic E-state index is 0.0645. The van der Waals surface area contributed by atoms with Crippen molar-refractivity contribution in [1.82, 2.24) is 0 Å². The molecule has 0 amide bonds. The lowest BCUT2D eigenvalue weighted by molar-refractivity contribution is -0.143. The van der Waals surface area contributed by atoms with Crippen molar-refractivity contribution in [2.24, 2.45) is 0 Å². The lowest BCUT2D eigenvalue weighted by atomic mass is 9.70. The maximum atomic E-state index is 11.5. The molecule has 0 saturated heterocycles. The molecule has 0 spiro atoms. The van der Waals surface area contributed by atoms with Gasteiger partial charge in [-0.1, -0.05) is 151 Å². The first kappa shape index (κ1) is 61.7. The van der Waals surface area contributed by atoms with E-state index in [0.29, 0.717) is 32.7 Å². The van der Waals surface area contributed by atoms with E-state index in [1.807, 2.05) is 19.1 Å². The summed E-state index contributed by atoms with van der Waals surface area (Å²) in [5.41, 5.74) is 11.0. The monoisotopic (exact) mass is 1040 g/mol. The molecule has 2 aliphatic carbocycles. The fourth-order valence-electron chi connectivity index (χ4n) is 11.9. The topological polar surface area (TPSA) is 123 Å². The van der Waals surface area contributed by atoms with E-state index in [1.54, 1.807) is 0 Å². The summed E-state index contributed by atoms with van der Waals surface area (Å²) in [6.07, 6.45) is 28.5. The number of hydrogen-bond donors (Lipinski definition) is 3. The smallest absolute Gasteiger partial charge is 0.305 e. The van der Waals surface area contributed by atoms with E-state index in [9.17, 15) is 19.8 Å². The number of aliphatic carboxylic acids is 1. The molecule has 0 aliphatic heterocycles. The number of aryl methyl sites for hydroxylation is 4. The Morgan fingerprint density at radius 2 is 0.868 bits per heavy atom. The highest BCUT2D eigenvalue weighted by Crippen LogP contribution is 2.43. The summed E-state index contributed by atoms with van der Waals surface area (Å²) >= 11 is 0. The maximum absolute atomic E-state index is 11.5. The van der Waals surface area contributed by atoms with E-state index in [2.05, 4.69) is 140 Å². The second-order valence-electron chi connectivity index (χ2n) is 22.2. The number of carboxylic acids is 1. The van der Waals surface area contributed by atoms with Crippen LogP contribution in [0.15, 0.2) is 84.9 Å². The van der Waals surface area contributed by atoms with Gasteiger partial charge in [-0.25, -0.2) is 0 Å². The van der Waals surface area contributed by atoms with Crippen LogP contribution in [0, 0.1) is 27.7 Å². The van der Waals surface area contributed by atoms with E-state index >= 15 is 0 Å². The van der Waals surface area contributed by atoms with Crippen LogP contribution in [0.1, 0.15) is 232 Å². The Hall–Kier alpha value is -5.18. The van der Waals surface area contributed by atoms with Crippen LogP contribution in [-0.4, -0.2) is 58.3 Å². The van der Waals surface area contributed by atoms with Gasteiger partial charge >= 0.3 is 11.9 Å². The quantitative estimate of drug-likeness (QED) is 0.0399. The van der Waals surface area contributed by atoms with Gasteiger partial charge in [0.2, 0.25) is 0 Å². The first-order valence-corrected chi connectivity index (χ1v) is 29.4. The Bertz CT molecular complexity index is 2490. The number of benzene rings is 4. The van der Waals surface area contributed by atoms with Gasteiger partial charge in [0.05, 0.1) is 31.0 Å². The summed E-state index contributed by atoms with van der Waals surface area (Å²) in [5.74, 6) is 0.990. The first-order valence-electron chi connectivity index (χ1n) is 29.4. The van der Waals surface area contributed by atoms with E-state index in [0.717, 1.165) is 132 Å². The van der Waals surface area contributed by atoms with Crippen LogP contribution in [0.25, 0.3) is 12.2 Å². The van der Waals surface area contributed by atoms with E-state index < -0.39 is 17.2 Å². The van der Waals surface area contributed by atoms with Crippen LogP contribution in [0.5, 0.6) is 11.5 Å². The van der Waals surface area contributed by atoms with Gasteiger partial charge < -0.3 is 29.5 Å². The van der Waals surface area contributed by atoms with Crippen molar-refractivity contribution in [2.45, 2.75) is 226 Å². The van der Waals surface area contributed by atoms with Crippen molar-refractivity contribution >= 4 is 24.1 Å². The molecule has 0 aromatic heterocycles. The minimum Gasteiger partial charge on any atom is -0.493 e. The van der Waals surface area contributed by atoms with Crippen LogP contribution in [0.3, 0.4) is 0 Å². The molecule has 0 atom stereocenters. The fraction of sp³-hybridized carbons (Fsp3) is 0.559. The zero-order valence-corrected chi connectivity index (χ0v) is 48.3. The summed E-state index contributed by atoms with van der Waals surface area (Å²) in [6, 6.07) is 26.9. The molecule has 0 unspecified atom stereocenters. The summed E-state index contributed by atoms with van der Waals surface area (Å²) in [5, 5.41) is 30.5. The van der Waals surface area contributed by atoms with Gasteiger partial charge in [0, 0.05) is 23.7 Å². The lowest BCUT2D eigenvalue weighted by Crippen LogP contribution is -2.28. The minimum atomic E-state index is -0.734. The first-order chi connectivity index (χ1) is 36.5. The largest absolute Gasteiger partial charge is 0.493 e. The maximum Gasteiger partial charge on any atom is 0.305 e. The third-order valence-corrected chi connectivity index (χ3v) is 17.0. The van der Waals surface area contributed by atoms with Crippen molar-refractivity contribution in [2.75, 3.05) is 19.8 Å². The predicted octanol–water partition coefficient (Wildman–Crippen LogP) is 16.8. The molecule has 2 aliphatic rings. The van der Waals surface area contributed by atoms with Crippen LogP contribution in [-0.2, 0) is 25.2 Å². The van der Waals surface area contributed by atoms with Gasteiger partial charge in [-0.3, -0.25) is 9.59 Å². The van der Waals surface area contributed by atoms with Gasteiger partial charge in [-0.2, -0.15) is 0 Å². The third kappa shape index (κ3) is 17.2. The number of esters is 1. The number of rotatable bonds is 27. The van der Waals surface area contributed by atoms with Crippen LogP contribution in [0.4, 0.5) is 0 Å². The summed E-state index contributed by atoms with van der Waals surface area (Å²) in [6.45, 7) is 21.2. The highest BCUT2D eigenvalue weighted by Gasteiger charge is 2.34. The molecular weight excluding hydrogens is 945 g/mol. The second-order valence-corrected chi connectivity index (χ2v) is 22.2. The molecule has 76 heavy (non-hydrogen) atoms. The average molecular weight is 1040 g/mol. The normalized spacial score (nSPS) is 15.6. The zero-order chi connectivity index (χ0) is 55.2. The van der Waals surface area contributed by atoms with Crippen molar-refractivity contribution < 1.29 is 39.1 Å². The third-order valence-electron chi connectivity index (χ3n) is 17.0. The van der Waals surface area contributed by atoms with Gasteiger partial charge in [0.1, 0.15) is 11.5 Å². The van der Waals surface area contributed by atoms with Crippen molar-refractivity contribution in [3.05, 3.63) is 141 Å². The zero-order valence-electron chi connectivity index (χ0n) is 48.3. The Balaban J connectivity index is 0.000000281. The SMILES string of the molecule is CCC(CC)(c1ccc(/C=C/C2(O)CCCCC2)c(C)c1)c1ccc(OCCCCCC(=O)O)c(C)c1.CCOC(=O)CCCCCOc1ccc(C(CC)(CC)c2ccc(/C=C/C3(O)CCCCC3)c(C)c2)cc1C. The van der Waals surface area contributed by atoms with Crippen molar-refractivity contribution in [1.29, 1.82) is 0 Å². The molecule has 4 aromatic rings. The second kappa shape index (κ2) is 30.1. The fourth-order valence-corrected chi connectivity index (χ4v) is 11.9. The predicted molar refractivity (Wildman–Crippen MR) is 314 cm³/mol. The number of aliphatic hydroxyl groups is 2. The molecule has 2 fully saturated rings. The number of carboxylic acid groups (broad SMARTS) is 1. The molecule has 0 radical (unpaired) electrons. The Morgan fingerprint density at radius 3 is 1.21 bits per heavy atom. The van der Waals surface area contributed by atoms with Gasteiger partial charge in [-0.15, -0.1) is 0 Å². The van der Waals surface area contributed by atoms with Gasteiger partial charge in [0.15, 0.2) is 0 Å². The van der Waals surface area contributed by atoms with Crippen LogP contribution < -0.4 is 9.47 Å². The van der Waals surface area contributed by atoms with Gasteiger partial charge in [0.25, 0.3) is 0 Å². The molecular formula is C68H96O8. The Labute approximate surface area is 458 Å². The van der Waals surface area contributed by atoms with Crippen molar-refractivity contribution in [3.8, 4) is 11.5 Å². The van der Waals surface area contributed by atoms with Crippen LogP contribution in [0.2, 0.25) is 0 Å². The van der Waals surface area contributed by atoms with E-state index in [1.165, 1.54) is 57.3 Å². The molecule has 8 nitrogen and oxygen atoms in total. The molecule has 0 bridgehead atoms. The molecule has 4 aromatic carbocycles. The molecule has 416 valence electrons. The summed E-state index contributed by atoms with van der Waals surface area (Å²) in [7, 11) is 0. The number of carbonyl (C=O) groups excluding carboxylic acids is 1. The number of hydrogen-bond acceptors (Lipinski definition) is 7. The number of carbonyl (C=O) groups is 2. The molecule has 2 saturated carbocycles. The molecule has 0 heterocycles. The molecule has 3 N–H and O–H groups in total.